The minimum atomic E-state index is -0.176. The molecule has 3 aromatic rings. The van der Waals surface area contributed by atoms with Crippen molar-refractivity contribution in [3.8, 4) is 0 Å². The number of carbonyl (C=O) groups excluding carboxylic acids is 2. The number of hydrogen-bond donors (Lipinski definition) is 0. The van der Waals surface area contributed by atoms with Gasteiger partial charge in [0.2, 0.25) is 4.96 Å². The van der Waals surface area contributed by atoms with Crippen LogP contribution in [0.25, 0.3) is 4.96 Å². The second-order valence-corrected chi connectivity index (χ2v) is 8.43. The number of carbonyl (C=O) groups is 2. The van der Waals surface area contributed by atoms with E-state index >= 15 is 0 Å². The first-order chi connectivity index (χ1) is 14.6. The van der Waals surface area contributed by atoms with E-state index in [-0.39, 0.29) is 11.8 Å². The zero-order chi connectivity index (χ0) is 21.1. The molecule has 30 heavy (non-hydrogen) atoms. The first kappa shape index (κ1) is 20.6. The summed E-state index contributed by atoms with van der Waals surface area (Å²) < 4.78 is 1.86. The highest BCUT2D eigenvalue weighted by atomic mass is 32.1. The minimum absolute atomic E-state index is 0.176. The highest BCUT2D eigenvalue weighted by molar-refractivity contribution is 7.16. The molecular formula is C21H26N6O2S. The summed E-state index contributed by atoms with van der Waals surface area (Å²) in [6.07, 6.45) is 3.54. The zero-order valence-corrected chi connectivity index (χ0v) is 18.2. The van der Waals surface area contributed by atoms with E-state index < -0.39 is 0 Å². The van der Waals surface area contributed by atoms with E-state index in [1.807, 2.05) is 4.52 Å². The minimum Gasteiger partial charge on any atom is -0.296 e. The van der Waals surface area contributed by atoms with Gasteiger partial charge in [0.25, 0.3) is 11.8 Å². The average molecular weight is 427 g/mol. The summed E-state index contributed by atoms with van der Waals surface area (Å²) in [5.41, 5.74) is 1.03. The number of nitrogens with zero attached hydrogens (tertiary/aromatic N) is 6. The fraction of sp³-hybridized carbons (Fsp3) is 0.476. The molecule has 2 aromatic heterocycles. The molecule has 3 heterocycles. The second-order valence-electron chi connectivity index (χ2n) is 7.39. The van der Waals surface area contributed by atoms with Gasteiger partial charge in [0.15, 0.2) is 5.82 Å². The third-order valence-electron chi connectivity index (χ3n) is 5.51. The molecule has 4 rings (SSSR count). The molecule has 158 valence electrons. The van der Waals surface area contributed by atoms with E-state index in [2.05, 4.69) is 34.0 Å². The topological polar surface area (TPSA) is 83.7 Å². The molecule has 0 unspecified atom stereocenters. The Hall–Kier alpha value is -2.65. The third-order valence-corrected chi connectivity index (χ3v) is 6.47. The fourth-order valence-corrected chi connectivity index (χ4v) is 4.60. The highest BCUT2D eigenvalue weighted by Crippen LogP contribution is 2.23. The van der Waals surface area contributed by atoms with Gasteiger partial charge in [-0.05, 0) is 38.1 Å². The number of hydrogen-bond acceptors (Lipinski definition) is 7. The van der Waals surface area contributed by atoms with Crippen molar-refractivity contribution in [1.29, 1.82) is 0 Å². The maximum Gasteiger partial charge on any atom is 0.261 e. The summed E-state index contributed by atoms with van der Waals surface area (Å²) in [6.45, 7) is 7.42. The second kappa shape index (κ2) is 9.01. The highest BCUT2D eigenvalue weighted by Gasteiger charge is 2.34. The fourth-order valence-electron chi connectivity index (χ4n) is 3.71. The molecule has 0 N–H and O–H groups in total. The van der Waals surface area contributed by atoms with Gasteiger partial charge in [-0.25, -0.2) is 0 Å². The van der Waals surface area contributed by atoms with Gasteiger partial charge in [0.1, 0.15) is 5.01 Å². The first-order valence-corrected chi connectivity index (χ1v) is 11.3. The van der Waals surface area contributed by atoms with Gasteiger partial charge in [-0.1, -0.05) is 43.7 Å². The average Bonchev–Trinajstić information content (AvgIpc) is 3.40. The van der Waals surface area contributed by atoms with E-state index in [1.165, 1.54) is 4.90 Å². The van der Waals surface area contributed by atoms with Gasteiger partial charge in [0, 0.05) is 13.0 Å². The van der Waals surface area contributed by atoms with Crippen molar-refractivity contribution < 1.29 is 9.59 Å². The van der Waals surface area contributed by atoms with Crippen LogP contribution in [0.3, 0.4) is 0 Å². The van der Waals surface area contributed by atoms with Gasteiger partial charge in [-0.3, -0.25) is 19.4 Å². The summed E-state index contributed by atoms with van der Waals surface area (Å²) in [5, 5.41) is 14.3. The molecule has 1 aromatic carbocycles. The number of fused-ring (bicyclic) bond motifs is 2. The summed E-state index contributed by atoms with van der Waals surface area (Å²) in [5.74, 6) is 0.525. The molecule has 2 amide bonds. The molecule has 0 atom stereocenters. The van der Waals surface area contributed by atoms with Crippen molar-refractivity contribution in [2.24, 2.45) is 0 Å². The van der Waals surface area contributed by atoms with Gasteiger partial charge in [-0.15, -0.1) is 10.2 Å². The smallest absolute Gasteiger partial charge is 0.261 e. The van der Waals surface area contributed by atoms with Crippen LogP contribution >= 0.6 is 11.3 Å². The molecule has 0 fully saturated rings. The Balaban J connectivity index is 1.26. The lowest BCUT2D eigenvalue weighted by atomic mass is 10.1. The summed E-state index contributed by atoms with van der Waals surface area (Å²) >= 11 is 1.58. The van der Waals surface area contributed by atoms with Crippen LogP contribution in [0, 0.1) is 0 Å². The molecule has 0 spiro atoms. The number of amides is 2. The van der Waals surface area contributed by atoms with E-state index in [4.69, 9.17) is 0 Å². The van der Waals surface area contributed by atoms with Crippen LogP contribution < -0.4 is 0 Å². The Labute approximate surface area is 179 Å². The van der Waals surface area contributed by atoms with Gasteiger partial charge in [0.05, 0.1) is 17.7 Å². The van der Waals surface area contributed by atoms with Crippen molar-refractivity contribution in [2.75, 3.05) is 19.6 Å². The van der Waals surface area contributed by atoms with E-state index in [0.717, 1.165) is 61.1 Å². The Morgan fingerprint density at radius 1 is 0.967 bits per heavy atom. The third kappa shape index (κ3) is 3.99. The van der Waals surface area contributed by atoms with Crippen LogP contribution in [0.1, 0.15) is 64.7 Å². The van der Waals surface area contributed by atoms with Crippen molar-refractivity contribution in [2.45, 2.75) is 46.1 Å². The van der Waals surface area contributed by atoms with Gasteiger partial charge < -0.3 is 0 Å². The Morgan fingerprint density at radius 3 is 2.33 bits per heavy atom. The Kier molecular flexibility index (Phi) is 6.19. The van der Waals surface area contributed by atoms with Crippen molar-refractivity contribution in [3.63, 3.8) is 0 Å². The van der Waals surface area contributed by atoms with Gasteiger partial charge in [-0.2, -0.15) is 9.61 Å². The Morgan fingerprint density at radius 2 is 1.67 bits per heavy atom. The molecule has 0 aliphatic carbocycles. The van der Waals surface area contributed by atoms with Crippen LogP contribution in [0.4, 0.5) is 0 Å². The lowest BCUT2D eigenvalue weighted by molar-refractivity contribution is 0.0651. The van der Waals surface area contributed by atoms with E-state index in [1.54, 1.807) is 35.6 Å². The molecule has 1 aliphatic heterocycles. The number of aryl methyl sites for hydroxylation is 1. The standard InChI is InChI=1S/C21H26N6O2S/c1-3-25(4-2)14-17-22-23-21-27(17)24-18(30-21)12-6-5-9-13-26-19(28)15-10-7-8-11-16(15)20(26)29/h7-8,10-11H,3-6,9,12-14H2,1-2H3. The van der Waals surface area contributed by atoms with Crippen LogP contribution in [0.15, 0.2) is 24.3 Å². The number of unbranched alkanes of at least 4 members (excludes halogenated alkanes) is 2. The molecule has 0 radical (unpaired) electrons. The lowest BCUT2D eigenvalue weighted by Gasteiger charge is -2.15. The normalized spacial score (nSPS) is 13.8. The molecule has 0 saturated heterocycles. The van der Waals surface area contributed by atoms with Crippen molar-refractivity contribution in [3.05, 3.63) is 46.2 Å². The lowest BCUT2D eigenvalue weighted by Crippen LogP contribution is -2.30. The van der Waals surface area contributed by atoms with Crippen LogP contribution in [0.2, 0.25) is 0 Å². The maximum atomic E-state index is 12.4. The number of imide groups is 1. The molecular weight excluding hydrogens is 400 g/mol. The predicted octanol–water partition coefficient (Wildman–Crippen LogP) is 3.04. The molecule has 0 bridgehead atoms. The Bertz CT molecular complexity index is 1020. The quantitative estimate of drug-likeness (QED) is 0.366. The van der Waals surface area contributed by atoms with E-state index in [9.17, 15) is 9.59 Å². The maximum absolute atomic E-state index is 12.4. The van der Waals surface area contributed by atoms with Gasteiger partial charge >= 0.3 is 0 Å². The first-order valence-electron chi connectivity index (χ1n) is 10.5. The zero-order valence-electron chi connectivity index (χ0n) is 17.4. The summed E-state index contributed by atoms with van der Waals surface area (Å²) in [6, 6.07) is 7.03. The summed E-state index contributed by atoms with van der Waals surface area (Å²) in [7, 11) is 0. The van der Waals surface area contributed by atoms with Crippen molar-refractivity contribution >= 4 is 28.1 Å². The number of benzene rings is 1. The largest absolute Gasteiger partial charge is 0.296 e. The van der Waals surface area contributed by atoms with Crippen LogP contribution in [-0.2, 0) is 13.0 Å². The molecule has 0 saturated carbocycles. The van der Waals surface area contributed by atoms with Crippen molar-refractivity contribution in [1.82, 2.24) is 29.6 Å². The number of rotatable bonds is 10. The number of aromatic nitrogens is 4. The molecule has 9 heteroatoms. The van der Waals surface area contributed by atoms with Crippen LogP contribution in [-0.4, -0.2) is 61.1 Å². The van der Waals surface area contributed by atoms with Crippen LogP contribution in [0.5, 0.6) is 0 Å². The summed E-state index contributed by atoms with van der Waals surface area (Å²) in [4.78, 5) is 29.3. The molecule has 1 aliphatic rings. The monoisotopic (exact) mass is 426 g/mol. The SMILES string of the molecule is CCN(CC)Cc1nnc2sc(CCCCCN3C(=O)c4ccccc4C3=O)nn12. The molecule has 8 nitrogen and oxygen atoms in total. The predicted molar refractivity (Wildman–Crippen MR) is 115 cm³/mol. The van der Waals surface area contributed by atoms with E-state index in [0.29, 0.717) is 17.7 Å².